The highest BCUT2D eigenvalue weighted by Crippen LogP contribution is 2.27. The quantitative estimate of drug-likeness (QED) is 0.665. The van der Waals surface area contributed by atoms with Crippen molar-refractivity contribution in [2.24, 2.45) is 0 Å². The third-order valence-corrected chi connectivity index (χ3v) is 3.99. The first-order valence-electron chi connectivity index (χ1n) is 7.88. The van der Waals surface area contributed by atoms with E-state index in [1.165, 1.54) is 0 Å². The van der Waals surface area contributed by atoms with Crippen LogP contribution in [0.2, 0.25) is 5.02 Å². The molecule has 0 saturated carbocycles. The van der Waals surface area contributed by atoms with Gasteiger partial charge in [0.1, 0.15) is 23.2 Å². The standard InChI is InChI=1S/C19H19ClN4O/c1-13-22-18(21-12-14-7-3-4-8-15(14)20)11-19(23-13)24-16-9-5-6-10-17(16)25-2/h3-11H,12H2,1-2H3,(H2,21,22,23,24). The van der Waals surface area contributed by atoms with Gasteiger partial charge in [-0.15, -0.1) is 0 Å². The number of benzene rings is 2. The van der Waals surface area contributed by atoms with Gasteiger partial charge in [0.05, 0.1) is 12.8 Å². The topological polar surface area (TPSA) is 59.1 Å². The Hall–Kier alpha value is -2.79. The molecular weight excluding hydrogens is 336 g/mol. The third-order valence-electron chi connectivity index (χ3n) is 3.63. The second kappa shape index (κ2) is 7.85. The lowest BCUT2D eigenvalue weighted by Crippen LogP contribution is -2.05. The summed E-state index contributed by atoms with van der Waals surface area (Å²) in [7, 11) is 1.64. The van der Waals surface area contributed by atoms with E-state index in [1.54, 1.807) is 7.11 Å². The zero-order chi connectivity index (χ0) is 17.6. The third kappa shape index (κ3) is 4.39. The molecule has 25 heavy (non-hydrogen) atoms. The van der Waals surface area contributed by atoms with E-state index in [1.807, 2.05) is 61.5 Å². The van der Waals surface area contributed by atoms with Gasteiger partial charge in [-0.05, 0) is 30.7 Å². The van der Waals surface area contributed by atoms with Crippen molar-refractivity contribution in [3.05, 3.63) is 71.0 Å². The minimum atomic E-state index is 0.588. The molecule has 1 aromatic heterocycles. The van der Waals surface area contributed by atoms with E-state index in [0.717, 1.165) is 27.8 Å². The van der Waals surface area contributed by atoms with Crippen LogP contribution in [-0.4, -0.2) is 17.1 Å². The van der Waals surface area contributed by atoms with Gasteiger partial charge in [0.25, 0.3) is 0 Å². The molecule has 6 heteroatoms. The minimum Gasteiger partial charge on any atom is -0.495 e. The Bertz CT molecular complexity index is 870. The number of para-hydroxylation sites is 2. The molecule has 2 aromatic carbocycles. The van der Waals surface area contributed by atoms with Crippen molar-refractivity contribution < 1.29 is 4.74 Å². The van der Waals surface area contributed by atoms with Gasteiger partial charge in [0.15, 0.2) is 0 Å². The molecule has 1 heterocycles. The number of nitrogens with one attached hydrogen (secondary N) is 2. The Kier molecular flexibility index (Phi) is 5.36. The van der Waals surface area contributed by atoms with Crippen LogP contribution in [0.1, 0.15) is 11.4 Å². The first-order chi connectivity index (χ1) is 12.2. The Balaban J connectivity index is 1.77. The van der Waals surface area contributed by atoms with Crippen LogP contribution in [0.3, 0.4) is 0 Å². The molecule has 0 spiro atoms. The number of methoxy groups -OCH3 is 1. The molecule has 0 aliphatic carbocycles. The van der Waals surface area contributed by atoms with E-state index in [9.17, 15) is 0 Å². The number of halogens is 1. The number of hydrogen-bond acceptors (Lipinski definition) is 5. The highest BCUT2D eigenvalue weighted by atomic mass is 35.5. The molecule has 2 N–H and O–H groups in total. The van der Waals surface area contributed by atoms with E-state index in [0.29, 0.717) is 18.2 Å². The second-order valence-corrected chi connectivity index (χ2v) is 5.86. The number of aryl methyl sites for hydroxylation is 1. The normalized spacial score (nSPS) is 10.4. The molecule has 0 amide bonds. The Morgan fingerprint density at radius 3 is 2.52 bits per heavy atom. The van der Waals surface area contributed by atoms with Crippen molar-refractivity contribution in [2.45, 2.75) is 13.5 Å². The summed E-state index contributed by atoms with van der Waals surface area (Å²) in [4.78, 5) is 8.86. The van der Waals surface area contributed by atoms with Crippen LogP contribution in [0, 0.1) is 6.92 Å². The van der Waals surface area contributed by atoms with E-state index < -0.39 is 0 Å². The Morgan fingerprint density at radius 2 is 1.72 bits per heavy atom. The predicted molar refractivity (Wildman–Crippen MR) is 102 cm³/mol. The lowest BCUT2D eigenvalue weighted by atomic mass is 10.2. The number of anilines is 3. The molecule has 0 bridgehead atoms. The number of hydrogen-bond donors (Lipinski definition) is 2. The fourth-order valence-electron chi connectivity index (χ4n) is 2.44. The van der Waals surface area contributed by atoms with Crippen LogP contribution < -0.4 is 15.4 Å². The molecule has 5 nitrogen and oxygen atoms in total. The maximum absolute atomic E-state index is 6.19. The first-order valence-corrected chi connectivity index (χ1v) is 8.26. The molecule has 0 radical (unpaired) electrons. The summed E-state index contributed by atoms with van der Waals surface area (Å²) >= 11 is 6.19. The van der Waals surface area contributed by atoms with Gasteiger partial charge in [0.2, 0.25) is 0 Å². The summed E-state index contributed by atoms with van der Waals surface area (Å²) in [6.45, 7) is 2.44. The van der Waals surface area contributed by atoms with Gasteiger partial charge >= 0.3 is 0 Å². The summed E-state index contributed by atoms with van der Waals surface area (Å²) in [5.74, 6) is 2.84. The van der Waals surface area contributed by atoms with Gasteiger partial charge in [-0.25, -0.2) is 9.97 Å². The Morgan fingerprint density at radius 1 is 1.00 bits per heavy atom. The highest BCUT2D eigenvalue weighted by Gasteiger charge is 2.06. The van der Waals surface area contributed by atoms with Crippen molar-refractivity contribution in [2.75, 3.05) is 17.7 Å². The summed E-state index contributed by atoms with van der Waals surface area (Å²) in [5.41, 5.74) is 1.86. The SMILES string of the molecule is COc1ccccc1Nc1cc(NCc2ccccc2Cl)nc(C)n1. The van der Waals surface area contributed by atoms with Crippen LogP contribution in [-0.2, 0) is 6.54 Å². The largest absolute Gasteiger partial charge is 0.495 e. The average Bonchev–Trinajstić information content (AvgIpc) is 2.61. The summed E-state index contributed by atoms with van der Waals surface area (Å²) in [5, 5.41) is 7.29. The average molecular weight is 355 g/mol. The van der Waals surface area contributed by atoms with Gasteiger partial charge in [-0.2, -0.15) is 0 Å². The molecule has 0 aliphatic heterocycles. The molecule has 3 rings (SSSR count). The number of aromatic nitrogens is 2. The predicted octanol–water partition coefficient (Wildman–Crippen LogP) is 4.80. The molecular formula is C19H19ClN4O. The van der Waals surface area contributed by atoms with E-state index in [-0.39, 0.29) is 0 Å². The number of rotatable bonds is 6. The maximum atomic E-state index is 6.19. The molecule has 0 saturated heterocycles. The molecule has 0 fully saturated rings. The fraction of sp³-hybridized carbons (Fsp3) is 0.158. The van der Waals surface area contributed by atoms with Crippen LogP contribution in [0.4, 0.5) is 17.3 Å². The maximum Gasteiger partial charge on any atom is 0.142 e. The van der Waals surface area contributed by atoms with E-state index in [4.69, 9.17) is 16.3 Å². The van der Waals surface area contributed by atoms with Crippen LogP contribution in [0.15, 0.2) is 54.6 Å². The monoisotopic (exact) mass is 354 g/mol. The van der Waals surface area contributed by atoms with Gasteiger partial charge in [-0.1, -0.05) is 41.9 Å². The first kappa shape index (κ1) is 17.0. The molecule has 128 valence electrons. The summed E-state index contributed by atoms with van der Waals surface area (Å²) in [6.07, 6.45) is 0. The van der Waals surface area contributed by atoms with Gasteiger partial charge in [-0.3, -0.25) is 0 Å². The minimum absolute atomic E-state index is 0.588. The molecule has 0 unspecified atom stereocenters. The molecule has 3 aromatic rings. The van der Waals surface area contributed by atoms with Crippen molar-refractivity contribution in [3.63, 3.8) is 0 Å². The second-order valence-electron chi connectivity index (χ2n) is 5.46. The number of nitrogens with zero attached hydrogens (tertiary/aromatic N) is 2. The van der Waals surface area contributed by atoms with Crippen molar-refractivity contribution in [3.8, 4) is 5.75 Å². The zero-order valence-electron chi connectivity index (χ0n) is 14.1. The highest BCUT2D eigenvalue weighted by molar-refractivity contribution is 6.31. The smallest absolute Gasteiger partial charge is 0.142 e. The molecule has 0 aliphatic rings. The van der Waals surface area contributed by atoms with Crippen LogP contribution >= 0.6 is 11.6 Å². The van der Waals surface area contributed by atoms with E-state index >= 15 is 0 Å². The number of ether oxygens (including phenoxy) is 1. The lowest BCUT2D eigenvalue weighted by Gasteiger charge is -2.13. The van der Waals surface area contributed by atoms with Crippen LogP contribution in [0.25, 0.3) is 0 Å². The van der Waals surface area contributed by atoms with Crippen molar-refractivity contribution in [1.29, 1.82) is 0 Å². The van der Waals surface area contributed by atoms with E-state index in [2.05, 4.69) is 20.6 Å². The summed E-state index contributed by atoms with van der Waals surface area (Å²) in [6, 6.07) is 17.3. The van der Waals surface area contributed by atoms with Crippen molar-refractivity contribution in [1.82, 2.24) is 9.97 Å². The summed E-state index contributed by atoms with van der Waals surface area (Å²) < 4.78 is 5.36. The lowest BCUT2D eigenvalue weighted by molar-refractivity contribution is 0.417. The molecule has 0 atom stereocenters. The Labute approximate surface area is 152 Å². The van der Waals surface area contributed by atoms with Gasteiger partial charge < -0.3 is 15.4 Å². The van der Waals surface area contributed by atoms with Crippen LogP contribution in [0.5, 0.6) is 5.75 Å². The zero-order valence-corrected chi connectivity index (χ0v) is 14.8. The fourth-order valence-corrected chi connectivity index (χ4v) is 2.64. The van der Waals surface area contributed by atoms with Crippen molar-refractivity contribution >= 4 is 28.9 Å². The van der Waals surface area contributed by atoms with Gasteiger partial charge in [0, 0.05) is 17.6 Å².